The molecule has 0 aliphatic heterocycles. The van der Waals surface area contributed by atoms with Gasteiger partial charge in [0.05, 0.1) is 0 Å². The molecular weight excluding hydrogens is 190 g/mol. The van der Waals surface area contributed by atoms with Crippen molar-refractivity contribution in [3.05, 3.63) is 21.9 Å². The van der Waals surface area contributed by atoms with Gasteiger partial charge >= 0.3 is 0 Å². The molecule has 0 aromatic carbocycles. The Labute approximate surface area is 90.5 Å². The fourth-order valence-corrected chi connectivity index (χ4v) is 3.01. The first-order chi connectivity index (χ1) is 6.81. The number of rotatable bonds is 4. The minimum atomic E-state index is 0.846. The van der Waals surface area contributed by atoms with Crippen LogP contribution in [0.3, 0.4) is 0 Å². The summed E-state index contributed by atoms with van der Waals surface area (Å²) in [6, 6.07) is 2.37. The summed E-state index contributed by atoms with van der Waals surface area (Å²) in [4.78, 5) is 1.45. The highest BCUT2D eigenvalue weighted by Gasteiger charge is 2.31. The minimum Gasteiger partial charge on any atom is -0.317 e. The lowest BCUT2D eigenvalue weighted by Crippen LogP contribution is -2.33. The molecule has 0 spiro atoms. The van der Waals surface area contributed by atoms with Gasteiger partial charge in [-0.15, -0.1) is 11.3 Å². The quantitative estimate of drug-likeness (QED) is 0.803. The van der Waals surface area contributed by atoms with Crippen LogP contribution in [0.25, 0.3) is 0 Å². The van der Waals surface area contributed by atoms with Crippen LogP contribution in [0.5, 0.6) is 0 Å². The fourth-order valence-electron chi connectivity index (χ4n) is 2.24. The van der Waals surface area contributed by atoms with Gasteiger partial charge in [0.25, 0.3) is 0 Å². The number of aryl methyl sites for hydroxylation is 1. The normalized spacial score (nSPS) is 26.1. The second-order valence-electron chi connectivity index (χ2n) is 4.24. The van der Waals surface area contributed by atoms with Crippen molar-refractivity contribution in [1.29, 1.82) is 0 Å². The molecule has 2 atom stereocenters. The third kappa shape index (κ3) is 2.01. The van der Waals surface area contributed by atoms with E-state index in [9.17, 15) is 0 Å². The molecule has 1 aliphatic rings. The minimum absolute atomic E-state index is 0.846. The molecule has 2 rings (SSSR count). The summed E-state index contributed by atoms with van der Waals surface area (Å²) in [5.74, 6) is 1.74. The standard InChI is InChI=1S/C12H19NS/c1-3-13-7-10-4-5-12(10)11-6-9(2)14-8-11/h6,8,10,12-13H,3-5,7H2,1-2H3. The molecule has 0 bridgehead atoms. The van der Waals surface area contributed by atoms with E-state index in [4.69, 9.17) is 0 Å². The third-order valence-electron chi connectivity index (χ3n) is 3.25. The van der Waals surface area contributed by atoms with E-state index in [2.05, 4.69) is 30.6 Å². The van der Waals surface area contributed by atoms with Gasteiger partial charge in [0.1, 0.15) is 0 Å². The monoisotopic (exact) mass is 209 g/mol. The molecule has 0 amide bonds. The van der Waals surface area contributed by atoms with Crippen LogP contribution in [0.4, 0.5) is 0 Å². The maximum absolute atomic E-state index is 3.46. The number of hydrogen-bond donors (Lipinski definition) is 1. The van der Waals surface area contributed by atoms with Gasteiger partial charge < -0.3 is 5.32 Å². The molecule has 1 aliphatic carbocycles. The van der Waals surface area contributed by atoms with Crippen LogP contribution in [0.1, 0.15) is 36.1 Å². The molecule has 78 valence electrons. The van der Waals surface area contributed by atoms with Crippen molar-refractivity contribution in [1.82, 2.24) is 5.32 Å². The molecule has 1 fully saturated rings. The van der Waals surface area contributed by atoms with Crippen LogP contribution in [0.15, 0.2) is 11.4 Å². The lowest BCUT2D eigenvalue weighted by molar-refractivity contribution is 0.248. The predicted molar refractivity (Wildman–Crippen MR) is 63.1 cm³/mol. The highest BCUT2D eigenvalue weighted by atomic mass is 32.1. The van der Waals surface area contributed by atoms with Crippen molar-refractivity contribution in [2.24, 2.45) is 5.92 Å². The van der Waals surface area contributed by atoms with Crippen molar-refractivity contribution in [3.63, 3.8) is 0 Å². The maximum Gasteiger partial charge on any atom is 0.00171 e. The lowest BCUT2D eigenvalue weighted by Gasteiger charge is -2.36. The van der Waals surface area contributed by atoms with Gasteiger partial charge in [0.2, 0.25) is 0 Å². The van der Waals surface area contributed by atoms with E-state index in [1.54, 1.807) is 5.56 Å². The van der Waals surface area contributed by atoms with Gasteiger partial charge in [0.15, 0.2) is 0 Å². The van der Waals surface area contributed by atoms with Crippen LogP contribution in [-0.4, -0.2) is 13.1 Å². The van der Waals surface area contributed by atoms with Gasteiger partial charge in [-0.25, -0.2) is 0 Å². The summed E-state index contributed by atoms with van der Waals surface area (Å²) in [6.07, 6.45) is 2.80. The summed E-state index contributed by atoms with van der Waals surface area (Å²) in [7, 11) is 0. The summed E-state index contributed by atoms with van der Waals surface area (Å²) in [5.41, 5.74) is 1.58. The fraction of sp³-hybridized carbons (Fsp3) is 0.667. The zero-order valence-corrected chi connectivity index (χ0v) is 9.86. The van der Waals surface area contributed by atoms with Gasteiger partial charge in [-0.2, -0.15) is 0 Å². The van der Waals surface area contributed by atoms with Crippen molar-refractivity contribution in [2.75, 3.05) is 13.1 Å². The van der Waals surface area contributed by atoms with Gasteiger partial charge in [-0.05, 0) is 61.7 Å². The van der Waals surface area contributed by atoms with Crippen molar-refractivity contribution in [2.45, 2.75) is 32.6 Å². The molecule has 1 saturated carbocycles. The molecule has 2 heteroatoms. The van der Waals surface area contributed by atoms with E-state index in [0.717, 1.165) is 18.4 Å². The van der Waals surface area contributed by atoms with Crippen molar-refractivity contribution in [3.8, 4) is 0 Å². The van der Waals surface area contributed by atoms with Crippen LogP contribution in [0.2, 0.25) is 0 Å². The molecular formula is C12H19NS. The number of hydrogen-bond acceptors (Lipinski definition) is 2. The Hall–Kier alpha value is -0.340. The molecule has 0 saturated heterocycles. The first kappa shape index (κ1) is 10.2. The van der Waals surface area contributed by atoms with Crippen LogP contribution in [0, 0.1) is 12.8 Å². The smallest absolute Gasteiger partial charge is 0.00171 e. The molecule has 1 N–H and O–H groups in total. The van der Waals surface area contributed by atoms with E-state index in [0.29, 0.717) is 0 Å². The summed E-state index contributed by atoms with van der Waals surface area (Å²) in [5, 5.41) is 5.81. The maximum atomic E-state index is 3.46. The van der Waals surface area contributed by atoms with E-state index in [1.807, 2.05) is 11.3 Å². The molecule has 1 aromatic rings. The summed E-state index contributed by atoms with van der Waals surface area (Å²) >= 11 is 1.89. The van der Waals surface area contributed by atoms with E-state index < -0.39 is 0 Å². The zero-order chi connectivity index (χ0) is 9.97. The molecule has 1 heterocycles. The highest BCUT2D eigenvalue weighted by Crippen LogP contribution is 2.43. The Morgan fingerprint density at radius 3 is 2.86 bits per heavy atom. The Kier molecular flexibility index (Phi) is 3.24. The van der Waals surface area contributed by atoms with Crippen LogP contribution < -0.4 is 5.32 Å². The number of thiophene rings is 1. The number of nitrogens with one attached hydrogen (secondary N) is 1. The largest absolute Gasteiger partial charge is 0.317 e. The van der Waals surface area contributed by atoms with E-state index in [1.165, 1.54) is 24.3 Å². The first-order valence-corrected chi connectivity index (χ1v) is 6.45. The average molecular weight is 209 g/mol. The second kappa shape index (κ2) is 4.45. The topological polar surface area (TPSA) is 12.0 Å². The Morgan fingerprint density at radius 1 is 1.50 bits per heavy atom. The SMILES string of the molecule is CCNCC1CCC1c1csc(C)c1. The van der Waals surface area contributed by atoms with Crippen LogP contribution in [-0.2, 0) is 0 Å². The Bertz CT molecular complexity index is 292. The van der Waals surface area contributed by atoms with Crippen molar-refractivity contribution >= 4 is 11.3 Å². The van der Waals surface area contributed by atoms with Gasteiger partial charge in [-0.3, -0.25) is 0 Å². The third-order valence-corrected chi connectivity index (χ3v) is 4.13. The molecule has 2 unspecified atom stereocenters. The van der Waals surface area contributed by atoms with Gasteiger partial charge in [0, 0.05) is 4.88 Å². The highest BCUT2D eigenvalue weighted by molar-refractivity contribution is 7.10. The average Bonchev–Trinajstić information content (AvgIpc) is 2.51. The Balaban J connectivity index is 1.92. The molecule has 1 aromatic heterocycles. The zero-order valence-electron chi connectivity index (χ0n) is 9.05. The van der Waals surface area contributed by atoms with Gasteiger partial charge in [-0.1, -0.05) is 6.92 Å². The Morgan fingerprint density at radius 2 is 2.36 bits per heavy atom. The molecule has 0 radical (unpaired) electrons. The predicted octanol–water partition coefficient (Wildman–Crippen LogP) is 3.16. The first-order valence-electron chi connectivity index (χ1n) is 5.57. The molecule has 14 heavy (non-hydrogen) atoms. The van der Waals surface area contributed by atoms with E-state index >= 15 is 0 Å². The second-order valence-corrected chi connectivity index (χ2v) is 5.36. The van der Waals surface area contributed by atoms with Crippen molar-refractivity contribution < 1.29 is 0 Å². The van der Waals surface area contributed by atoms with Crippen LogP contribution >= 0.6 is 11.3 Å². The lowest BCUT2D eigenvalue weighted by atomic mass is 9.70. The summed E-state index contributed by atoms with van der Waals surface area (Å²) < 4.78 is 0. The molecule has 1 nitrogen and oxygen atoms in total. The summed E-state index contributed by atoms with van der Waals surface area (Å²) in [6.45, 7) is 6.69. The van der Waals surface area contributed by atoms with E-state index in [-0.39, 0.29) is 0 Å².